The fraction of sp³-hybridized carbons (Fsp3) is 0.562. The highest BCUT2D eigenvalue weighted by molar-refractivity contribution is 5.82. The highest BCUT2D eigenvalue weighted by Crippen LogP contribution is 2.31. The second-order valence-electron chi connectivity index (χ2n) is 6.42. The van der Waals surface area contributed by atoms with Crippen molar-refractivity contribution in [1.82, 2.24) is 16.2 Å². The van der Waals surface area contributed by atoms with Gasteiger partial charge in [0, 0.05) is 36.3 Å². The summed E-state index contributed by atoms with van der Waals surface area (Å²) < 4.78 is 13.6. The van der Waals surface area contributed by atoms with E-state index in [4.69, 9.17) is 0 Å². The summed E-state index contributed by atoms with van der Waals surface area (Å²) in [5.41, 5.74) is 6.59. The average Bonchev–Trinajstić information content (AvgIpc) is 2.99. The molecule has 7 nitrogen and oxygen atoms in total. The van der Waals surface area contributed by atoms with Crippen molar-refractivity contribution in [3.63, 3.8) is 0 Å². The predicted molar refractivity (Wildman–Crippen MR) is 85.1 cm³/mol. The maximum atomic E-state index is 13.6. The largest absolute Gasteiger partial charge is 0.354 e. The summed E-state index contributed by atoms with van der Waals surface area (Å²) in [5.74, 6) is -0.577. The number of nitrogens with one attached hydrogen (secondary N) is 3. The van der Waals surface area contributed by atoms with E-state index < -0.39 is 12.1 Å². The number of nitrogens with zero attached hydrogens (tertiary/aromatic N) is 1. The van der Waals surface area contributed by atoms with E-state index in [1.807, 2.05) is 0 Å². The molecule has 1 aromatic carbocycles. The van der Waals surface area contributed by atoms with Gasteiger partial charge in [-0.05, 0) is 24.5 Å². The van der Waals surface area contributed by atoms with Gasteiger partial charge in [-0.3, -0.25) is 20.3 Å². The minimum atomic E-state index is -0.582. The minimum absolute atomic E-state index is 0.0866. The van der Waals surface area contributed by atoms with Crippen LogP contribution in [0.3, 0.4) is 0 Å². The molecule has 130 valence electrons. The highest BCUT2D eigenvalue weighted by atomic mass is 19.1. The smallest absolute Gasteiger partial charge is 0.238 e. The topological polar surface area (TPSA) is 96.3 Å². The molecule has 3 rings (SSSR count). The Morgan fingerprint density at radius 1 is 1.33 bits per heavy atom. The lowest BCUT2D eigenvalue weighted by Gasteiger charge is -2.28. The summed E-state index contributed by atoms with van der Waals surface area (Å²) in [6, 6.07) is 5.48. The van der Waals surface area contributed by atoms with E-state index in [-0.39, 0.29) is 28.6 Å². The number of benzene rings is 1. The van der Waals surface area contributed by atoms with E-state index in [1.54, 1.807) is 18.2 Å². The van der Waals surface area contributed by atoms with Crippen molar-refractivity contribution in [1.29, 1.82) is 0 Å². The van der Waals surface area contributed by atoms with Crippen molar-refractivity contribution in [2.45, 2.75) is 43.8 Å². The molecule has 1 aromatic rings. The quantitative estimate of drug-likeness (QED) is 0.545. The normalized spacial score (nSPS) is 29.0. The Hall–Kier alpha value is -2.06. The van der Waals surface area contributed by atoms with Crippen LogP contribution in [0, 0.1) is 21.8 Å². The van der Waals surface area contributed by atoms with Crippen molar-refractivity contribution >= 4 is 5.91 Å². The van der Waals surface area contributed by atoms with Crippen LogP contribution in [0.4, 0.5) is 4.39 Å². The zero-order valence-corrected chi connectivity index (χ0v) is 13.2. The molecule has 1 aliphatic carbocycles. The van der Waals surface area contributed by atoms with Crippen molar-refractivity contribution < 1.29 is 14.1 Å². The van der Waals surface area contributed by atoms with E-state index in [9.17, 15) is 19.3 Å². The van der Waals surface area contributed by atoms with Crippen LogP contribution >= 0.6 is 0 Å². The molecule has 0 bridgehead atoms. The third-order valence-corrected chi connectivity index (χ3v) is 4.96. The summed E-state index contributed by atoms with van der Waals surface area (Å²) in [7, 11) is 0. The molecule has 0 radical (unpaired) electrons. The second-order valence-corrected chi connectivity index (χ2v) is 6.42. The van der Waals surface area contributed by atoms with Crippen LogP contribution in [0.15, 0.2) is 24.3 Å². The van der Waals surface area contributed by atoms with Gasteiger partial charge in [0.05, 0.1) is 0 Å². The Bertz CT molecular complexity index is 627. The first kappa shape index (κ1) is 16.8. The lowest BCUT2D eigenvalue weighted by atomic mass is 9.79. The van der Waals surface area contributed by atoms with Gasteiger partial charge in [-0.25, -0.2) is 9.82 Å². The van der Waals surface area contributed by atoms with E-state index in [2.05, 4.69) is 16.2 Å². The van der Waals surface area contributed by atoms with Gasteiger partial charge in [-0.1, -0.05) is 18.2 Å². The van der Waals surface area contributed by atoms with Crippen molar-refractivity contribution in [2.75, 3.05) is 6.54 Å². The molecule has 3 N–H and O–H groups in total. The van der Waals surface area contributed by atoms with E-state index in [0.717, 1.165) is 0 Å². The molecule has 2 fully saturated rings. The number of fused-ring (bicyclic) bond motifs is 1. The number of nitro groups is 1. The Morgan fingerprint density at radius 3 is 2.88 bits per heavy atom. The monoisotopic (exact) mass is 336 g/mol. The van der Waals surface area contributed by atoms with Crippen molar-refractivity contribution in [3.8, 4) is 0 Å². The summed E-state index contributed by atoms with van der Waals surface area (Å²) in [6.07, 6.45) is 2.01. The number of rotatable bonds is 5. The van der Waals surface area contributed by atoms with Crippen LogP contribution in [-0.2, 0) is 11.2 Å². The Kier molecular flexibility index (Phi) is 5.06. The van der Waals surface area contributed by atoms with E-state index >= 15 is 0 Å². The van der Waals surface area contributed by atoms with Crippen LogP contribution < -0.4 is 16.2 Å². The molecule has 4 unspecified atom stereocenters. The second kappa shape index (κ2) is 7.23. The number of carbonyl (C=O) groups is 1. The predicted octanol–water partition coefficient (Wildman–Crippen LogP) is 0.775. The lowest BCUT2D eigenvalue weighted by Crippen LogP contribution is -2.47. The summed E-state index contributed by atoms with van der Waals surface area (Å²) in [5, 5.41) is 13.8. The fourth-order valence-electron chi connectivity index (χ4n) is 3.62. The highest BCUT2D eigenvalue weighted by Gasteiger charge is 2.46. The number of hydrazine groups is 1. The first-order chi connectivity index (χ1) is 11.6. The molecule has 24 heavy (non-hydrogen) atoms. The van der Waals surface area contributed by atoms with E-state index in [0.29, 0.717) is 37.8 Å². The molecule has 8 heteroatoms. The van der Waals surface area contributed by atoms with Crippen LogP contribution in [0.1, 0.15) is 24.8 Å². The first-order valence-electron chi connectivity index (χ1n) is 8.22. The molecular formula is C16H21FN4O3. The van der Waals surface area contributed by atoms with Gasteiger partial charge in [0.15, 0.2) is 0 Å². The molecule has 1 aliphatic heterocycles. The molecule has 4 atom stereocenters. The van der Waals surface area contributed by atoms with Crippen LogP contribution in [-0.4, -0.2) is 35.5 Å². The van der Waals surface area contributed by atoms with Gasteiger partial charge in [0.1, 0.15) is 11.9 Å². The molecule has 1 saturated carbocycles. The maximum Gasteiger partial charge on any atom is 0.238 e. The molecule has 0 spiro atoms. The van der Waals surface area contributed by atoms with Gasteiger partial charge >= 0.3 is 0 Å². The van der Waals surface area contributed by atoms with E-state index in [1.165, 1.54) is 6.07 Å². The van der Waals surface area contributed by atoms with Crippen LogP contribution in [0.25, 0.3) is 0 Å². The first-order valence-corrected chi connectivity index (χ1v) is 8.22. The summed E-state index contributed by atoms with van der Waals surface area (Å²) >= 11 is 0. The summed E-state index contributed by atoms with van der Waals surface area (Å²) in [6.45, 7) is 0.327. The molecular weight excluding hydrogens is 315 g/mol. The molecule has 1 amide bonds. The molecule has 0 aromatic heterocycles. The van der Waals surface area contributed by atoms with Crippen molar-refractivity contribution in [2.24, 2.45) is 5.92 Å². The molecule has 1 saturated heterocycles. The number of halogens is 1. The Labute approximate surface area is 139 Å². The number of hydrogen-bond donors (Lipinski definition) is 3. The lowest BCUT2D eigenvalue weighted by molar-refractivity contribution is -0.528. The third kappa shape index (κ3) is 3.54. The van der Waals surface area contributed by atoms with Gasteiger partial charge in [0.2, 0.25) is 11.9 Å². The Morgan fingerprint density at radius 2 is 2.12 bits per heavy atom. The van der Waals surface area contributed by atoms with Crippen LogP contribution in [0.2, 0.25) is 0 Å². The van der Waals surface area contributed by atoms with Gasteiger partial charge in [0.25, 0.3) is 0 Å². The summed E-state index contributed by atoms with van der Waals surface area (Å²) in [4.78, 5) is 23.1. The number of carbonyl (C=O) groups excluding carboxylic acids is 1. The minimum Gasteiger partial charge on any atom is -0.354 e. The SMILES string of the molecule is O=C(NCCc1ccccc1F)C1NNC2CCC([N+](=O)[O-])CC21. The standard InChI is InChI=1S/C16H21FN4O3/c17-13-4-2-1-3-10(13)7-8-18-16(22)15-12-9-11(21(23)24)5-6-14(12)19-20-15/h1-4,11-12,14-15,19-20H,5-9H2,(H,18,22). The van der Waals surface area contributed by atoms with Crippen molar-refractivity contribution in [3.05, 3.63) is 45.8 Å². The van der Waals surface area contributed by atoms with Gasteiger partial charge in [-0.2, -0.15) is 0 Å². The van der Waals surface area contributed by atoms with Gasteiger partial charge < -0.3 is 5.32 Å². The Balaban J connectivity index is 1.53. The number of hydrogen-bond acceptors (Lipinski definition) is 5. The molecule has 2 aliphatic rings. The zero-order chi connectivity index (χ0) is 17.1. The average molecular weight is 336 g/mol. The fourth-order valence-corrected chi connectivity index (χ4v) is 3.62. The number of amides is 1. The molecule has 1 heterocycles. The van der Waals surface area contributed by atoms with Gasteiger partial charge in [-0.15, -0.1) is 0 Å². The third-order valence-electron chi connectivity index (χ3n) is 4.96. The maximum absolute atomic E-state index is 13.6. The van der Waals surface area contributed by atoms with Crippen LogP contribution in [0.5, 0.6) is 0 Å². The zero-order valence-electron chi connectivity index (χ0n) is 13.2.